The SMILES string of the molecule is CCNc1nc(C2CC2)c(C)s1. The van der Waals surface area contributed by atoms with Gasteiger partial charge in [-0.1, -0.05) is 0 Å². The molecule has 0 amide bonds. The van der Waals surface area contributed by atoms with E-state index < -0.39 is 0 Å². The number of anilines is 1. The standard InChI is InChI=1S/C9H14N2S/c1-3-10-9-11-8(6(2)12-9)7-4-5-7/h7H,3-5H2,1-2H3,(H,10,11). The number of rotatable bonds is 3. The largest absolute Gasteiger partial charge is 0.362 e. The molecule has 1 fully saturated rings. The third kappa shape index (κ3) is 1.46. The highest BCUT2D eigenvalue weighted by Crippen LogP contribution is 2.43. The second-order valence-electron chi connectivity index (χ2n) is 3.27. The Balaban J connectivity index is 2.18. The minimum absolute atomic E-state index is 0.786. The molecule has 66 valence electrons. The van der Waals surface area contributed by atoms with E-state index in [1.54, 1.807) is 11.3 Å². The van der Waals surface area contributed by atoms with Crippen LogP contribution in [0, 0.1) is 6.92 Å². The maximum Gasteiger partial charge on any atom is 0.183 e. The van der Waals surface area contributed by atoms with Gasteiger partial charge in [-0.05, 0) is 26.7 Å². The molecule has 3 heteroatoms. The third-order valence-corrected chi connectivity index (χ3v) is 3.07. The first-order valence-corrected chi connectivity index (χ1v) is 5.34. The maximum atomic E-state index is 4.57. The third-order valence-electron chi connectivity index (χ3n) is 2.12. The van der Waals surface area contributed by atoms with E-state index in [9.17, 15) is 0 Å². The number of thiazole rings is 1. The van der Waals surface area contributed by atoms with Gasteiger partial charge in [-0.25, -0.2) is 4.98 Å². The van der Waals surface area contributed by atoms with Gasteiger partial charge in [0.1, 0.15) is 0 Å². The summed E-state index contributed by atoms with van der Waals surface area (Å²) in [5, 5.41) is 4.35. The van der Waals surface area contributed by atoms with E-state index in [4.69, 9.17) is 0 Å². The lowest BCUT2D eigenvalue weighted by molar-refractivity contribution is 1.03. The predicted molar refractivity (Wildman–Crippen MR) is 53.0 cm³/mol. The Morgan fingerprint density at radius 3 is 2.92 bits per heavy atom. The Kier molecular flexibility index (Phi) is 2.05. The molecule has 0 radical (unpaired) electrons. The number of nitrogens with one attached hydrogen (secondary N) is 1. The average molecular weight is 182 g/mol. The van der Waals surface area contributed by atoms with Gasteiger partial charge in [-0.15, -0.1) is 11.3 Å². The van der Waals surface area contributed by atoms with E-state index >= 15 is 0 Å². The van der Waals surface area contributed by atoms with Crippen LogP contribution in [0.3, 0.4) is 0 Å². The number of aryl methyl sites for hydroxylation is 1. The highest BCUT2D eigenvalue weighted by Gasteiger charge is 2.28. The second-order valence-corrected chi connectivity index (χ2v) is 4.47. The minimum atomic E-state index is 0.786. The first-order valence-electron chi connectivity index (χ1n) is 4.52. The second kappa shape index (κ2) is 3.05. The van der Waals surface area contributed by atoms with Crippen LogP contribution in [0.5, 0.6) is 0 Å². The number of aromatic nitrogens is 1. The molecule has 1 aliphatic carbocycles. The van der Waals surface area contributed by atoms with Gasteiger partial charge in [0, 0.05) is 17.3 Å². The molecule has 0 atom stereocenters. The lowest BCUT2D eigenvalue weighted by Gasteiger charge is -1.93. The molecule has 0 spiro atoms. The molecular weight excluding hydrogens is 168 g/mol. The zero-order chi connectivity index (χ0) is 8.55. The molecule has 0 aromatic carbocycles. The van der Waals surface area contributed by atoms with Gasteiger partial charge in [-0.3, -0.25) is 0 Å². The van der Waals surface area contributed by atoms with Crippen LogP contribution in [0.4, 0.5) is 5.13 Å². The predicted octanol–water partition coefficient (Wildman–Crippen LogP) is 2.76. The molecule has 2 rings (SSSR count). The molecule has 0 unspecified atom stereocenters. The minimum Gasteiger partial charge on any atom is -0.362 e. The van der Waals surface area contributed by atoms with Crippen molar-refractivity contribution >= 4 is 16.5 Å². The molecule has 1 aromatic rings. The van der Waals surface area contributed by atoms with Crippen molar-refractivity contribution in [3.63, 3.8) is 0 Å². The van der Waals surface area contributed by atoms with E-state index in [0.717, 1.165) is 17.6 Å². The quantitative estimate of drug-likeness (QED) is 0.777. The number of hydrogen-bond acceptors (Lipinski definition) is 3. The molecule has 1 aliphatic rings. The van der Waals surface area contributed by atoms with Crippen molar-refractivity contribution in [3.8, 4) is 0 Å². The topological polar surface area (TPSA) is 24.9 Å². The zero-order valence-corrected chi connectivity index (χ0v) is 8.37. The van der Waals surface area contributed by atoms with E-state index in [2.05, 4.69) is 24.1 Å². The van der Waals surface area contributed by atoms with Crippen molar-refractivity contribution in [1.29, 1.82) is 0 Å². The van der Waals surface area contributed by atoms with Gasteiger partial charge in [-0.2, -0.15) is 0 Å². The summed E-state index contributed by atoms with van der Waals surface area (Å²) in [7, 11) is 0. The van der Waals surface area contributed by atoms with Gasteiger partial charge in [0.05, 0.1) is 5.69 Å². The fourth-order valence-corrected chi connectivity index (χ4v) is 2.34. The first-order chi connectivity index (χ1) is 5.81. The smallest absolute Gasteiger partial charge is 0.183 e. The highest BCUT2D eigenvalue weighted by molar-refractivity contribution is 7.15. The summed E-state index contributed by atoms with van der Waals surface area (Å²) in [6.45, 7) is 5.25. The molecule has 2 nitrogen and oxygen atoms in total. The van der Waals surface area contributed by atoms with Crippen LogP contribution in [0.25, 0.3) is 0 Å². The fraction of sp³-hybridized carbons (Fsp3) is 0.667. The van der Waals surface area contributed by atoms with Gasteiger partial charge in [0.15, 0.2) is 5.13 Å². The highest BCUT2D eigenvalue weighted by atomic mass is 32.1. The molecule has 1 saturated carbocycles. The average Bonchev–Trinajstić information content (AvgIpc) is 2.79. The van der Waals surface area contributed by atoms with Gasteiger partial charge < -0.3 is 5.32 Å². The Bertz CT molecular complexity index is 276. The molecule has 0 aliphatic heterocycles. The summed E-state index contributed by atoms with van der Waals surface area (Å²) in [5.74, 6) is 0.786. The van der Waals surface area contributed by atoms with E-state index in [0.29, 0.717) is 0 Å². The normalized spacial score (nSPS) is 16.5. The molecule has 12 heavy (non-hydrogen) atoms. The van der Waals surface area contributed by atoms with Crippen LogP contribution in [0.1, 0.15) is 36.3 Å². The lowest BCUT2D eigenvalue weighted by atomic mass is 10.3. The van der Waals surface area contributed by atoms with Crippen molar-refractivity contribution in [2.75, 3.05) is 11.9 Å². The van der Waals surface area contributed by atoms with Crippen molar-refractivity contribution in [3.05, 3.63) is 10.6 Å². The molecule has 0 bridgehead atoms. The van der Waals surface area contributed by atoms with Crippen molar-refractivity contribution in [2.45, 2.75) is 32.6 Å². The van der Waals surface area contributed by atoms with E-state index in [1.165, 1.54) is 23.4 Å². The molecular formula is C9H14N2S. The van der Waals surface area contributed by atoms with Crippen molar-refractivity contribution in [1.82, 2.24) is 4.98 Å². The lowest BCUT2D eigenvalue weighted by Crippen LogP contribution is -1.95. The first kappa shape index (κ1) is 8.05. The maximum absolute atomic E-state index is 4.57. The monoisotopic (exact) mass is 182 g/mol. The van der Waals surface area contributed by atoms with Crippen molar-refractivity contribution < 1.29 is 0 Å². The molecule has 1 aromatic heterocycles. The van der Waals surface area contributed by atoms with E-state index in [1.807, 2.05) is 0 Å². The summed E-state index contributed by atoms with van der Waals surface area (Å²) in [6.07, 6.45) is 2.69. The van der Waals surface area contributed by atoms with Gasteiger partial charge in [0.2, 0.25) is 0 Å². The van der Waals surface area contributed by atoms with Crippen LogP contribution in [-0.4, -0.2) is 11.5 Å². The molecule has 1 N–H and O–H groups in total. The van der Waals surface area contributed by atoms with Crippen LogP contribution in [0.2, 0.25) is 0 Å². The van der Waals surface area contributed by atoms with Crippen molar-refractivity contribution in [2.24, 2.45) is 0 Å². The van der Waals surface area contributed by atoms with Crippen LogP contribution in [-0.2, 0) is 0 Å². The number of hydrogen-bond donors (Lipinski definition) is 1. The Labute approximate surface area is 77.0 Å². The Hall–Kier alpha value is -0.570. The summed E-state index contributed by atoms with van der Waals surface area (Å²) in [5.41, 5.74) is 1.34. The Morgan fingerprint density at radius 2 is 2.33 bits per heavy atom. The summed E-state index contributed by atoms with van der Waals surface area (Å²) in [4.78, 5) is 5.97. The molecule has 0 saturated heterocycles. The summed E-state index contributed by atoms with van der Waals surface area (Å²) < 4.78 is 0. The molecule has 1 heterocycles. The van der Waals surface area contributed by atoms with Crippen LogP contribution < -0.4 is 5.32 Å². The number of nitrogens with zero attached hydrogens (tertiary/aromatic N) is 1. The summed E-state index contributed by atoms with van der Waals surface area (Å²) >= 11 is 1.79. The van der Waals surface area contributed by atoms with E-state index in [-0.39, 0.29) is 0 Å². The Morgan fingerprint density at radius 1 is 1.58 bits per heavy atom. The zero-order valence-electron chi connectivity index (χ0n) is 7.55. The fourth-order valence-electron chi connectivity index (χ4n) is 1.37. The van der Waals surface area contributed by atoms with Gasteiger partial charge >= 0.3 is 0 Å². The van der Waals surface area contributed by atoms with Gasteiger partial charge in [0.25, 0.3) is 0 Å². The summed E-state index contributed by atoms with van der Waals surface area (Å²) in [6, 6.07) is 0. The van der Waals surface area contributed by atoms with Crippen LogP contribution >= 0.6 is 11.3 Å². The van der Waals surface area contributed by atoms with Crippen LogP contribution in [0.15, 0.2) is 0 Å².